The first-order chi connectivity index (χ1) is 30.7. The smallest absolute Gasteiger partial charge is 0.408 e. The van der Waals surface area contributed by atoms with E-state index in [1.807, 2.05) is 25.1 Å². The van der Waals surface area contributed by atoms with Crippen LogP contribution in [0.2, 0.25) is 0 Å². The van der Waals surface area contributed by atoms with E-state index in [0.717, 1.165) is 23.2 Å². The number of nitrogens with two attached hydrogens (primary N) is 2. The van der Waals surface area contributed by atoms with Gasteiger partial charge >= 0.3 is 12.1 Å². The Morgan fingerprint density at radius 3 is 2.44 bits per heavy atom. The molecule has 1 saturated heterocycles. The number of carbonyl (C=O) groups excluding carboxylic acids is 6. The van der Waals surface area contributed by atoms with Crippen LogP contribution in [0.1, 0.15) is 81.2 Å². The molecule has 3 heterocycles. The number of carboxylic acids is 1. The molecule has 2 aliphatic rings. The number of carboxylic acid groups (broad SMARTS) is 1. The Bertz CT molecular complexity index is 2150. The third-order valence-electron chi connectivity index (χ3n) is 11.0. The Hall–Kier alpha value is -5.44. The molecule has 8 N–H and O–H groups in total. The number of hydrogen-bond donors (Lipinski definition) is 6. The Morgan fingerprint density at radius 1 is 0.969 bits per heavy atom. The predicted octanol–water partition coefficient (Wildman–Crippen LogP) is 3.65. The zero-order valence-corrected chi connectivity index (χ0v) is 37.9. The highest BCUT2D eigenvalue weighted by atomic mass is 32.2. The van der Waals surface area contributed by atoms with E-state index in [1.165, 1.54) is 28.0 Å². The van der Waals surface area contributed by atoms with E-state index in [1.54, 1.807) is 42.5 Å². The fourth-order valence-electron chi connectivity index (χ4n) is 7.51. The average molecular weight is 922 g/mol. The molecule has 18 nitrogen and oxygen atoms in total. The highest BCUT2D eigenvalue weighted by Gasteiger charge is 2.39. The number of amides is 5. The van der Waals surface area contributed by atoms with Gasteiger partial charge in [0.2, 0.25) is 23.6 Å². The van der Waals surface area contributed by atoms with Crippen molar-refractivity contribution in [1.82, 2.24) is 25.4 Å². The van der Waals surface area contributed by atoms with Crippen molar-refractivity contribution in [3.8, 4) is 0 Å². The number of fused-ring (bicyclic) bond motifs is 1. The maximum atomic E-state index is 14.3. The number of thiazole rings is 1. The molecule has 0 unspecified atom stereocenters. The molecule has 5 rings (SSSR count). The lowest BCUT2D eigenvalue weighted by atomic mass is 9.90. The lowest BCUT2D eigenvalue weighted by molar-refractivity contribution is -0.141. The van der Waals surface area contributed by atoms with Gasteiger partial charge in [-0.3, -0.25) is 29.0 Å². The summed E-state index contributed by atoms with van der Waals surface area (Å²) >= 11 is 2.68. The summed E-state index contributed by atoms with van der Waals surface area (Å²) in [5.41, 5.74) is 13.1. The van der Waals surface area contributed by atoms with Crippen molar-refractivity contribution in [2.75, 3.05) is 44.8 Å². The number of benzene rings is 2. The third-order valence-corrected chi connectivity index (χ3v) is 13.2. The van der Waals surface area contributed by atoms with Crippen molar-refractivity contribution in [2.45, 2.75) is 101 Å². The van der Waals surface area contributed by atoms with E-state index in [2.05, 4.69) is 25.9 Å². The maximum absolute atomic E-state index is 14.3. The fraction of sp³-hybridized carbons (Fsp3) is 0.523. The number of aliphatic carboxylic acids is 1. The first-order valence-electron chi connectivity index (χ1n) is 21.6. The summed E-state index contributed by atoms with van der Waals surface area (Å²) in [6.45, 7) is 1.34. The molecule has 0 aliphatic carbocycles. The number of aliphatic imine (C=N–C) groups is 1. The molecule has 5 amide bonds. The number of Topliss-reactive ketones (excluding diaryl/α,β-unsaturated/α-hetero) is 1. The second-order valence-electron chi connectivity index (χ2n) is 16.3. The Morgan fingerprint density at radius 2 is 1.73 bits per heavy atom. The number of likely N-dealkylation sites (tertiary alicyclic amines) is 1. The van der Waals surface area contributed by atoms with Crippen LogP contribution in [-0.4, -0.2) is 130 Å². The third kappa shape index (κ3) is 14.8. The number of unbranched alkanes of at least 4 members (excludes halogenated alkanes) is 2. The van der Waals surface area contributed by atoms with Gasteiger partial charge in [0.1, 0.15) is 28.7 Å². The molecule has 2 aromatic carbocycles. The van der Waals surface area contributed by atoms with Crippen molar-refractivity contribution < 1.29 is 43.4 Å². The first-order valence-corrected chi connectivity index (χ1v) is 23.4. The average Bonchev–Trinajstić information content (AvgIpc) is 4.06. The number of thioether (sulfide) groups is 1. The van der Waals surface area contributed by atoms with Gasteiger partial charge in [0, 0.05) is 36.7 Å². The number of primary amides is 1. The largest absolute Gasteiger partial charge is 0.480 e. The molecule has 0 bridgehead atoms. The van der Waals surface area contributed by atoms with Crippen LogP contribution in [0, 0.1) is 5.92 Å². The summed E-state index contributed by atoms with van der Waals surface area (Å²) in [7, 11) is 3.89. The highest BCUT2D eigenvalue weighted by molar-refractivity contribution is 8.15. The molecule has 0 spiro atoms. The molecule has 20 heteroatoms. The topological polar surface area (TPSA) is 269 Å². The number of nitrogens with zero attached hydrogens (tertiary/aromatic N) is 4. The van der Waals surface area contributed by atoms with E-state index >= 15 is 0 Å². The summed E-state index contributed by atoms with van der Waals surface area (Å²) < 4.78 is 6.10. The van der Waals surface area contributed by atoms with Crippen molar-refractivity contribution >= 4 is 85.5 Å². The SMILES string of the molecule is CN(C)CCCC[C@H](NC(=O)[C@@H]1CCCN1C(=O)[C@H](CCC(N)=O)NC(=O)OCc1ccccc1)C(=O)C[C@@H](CCCCN)C(=O)Nc1ccc2nc(C3=N[C@@H](C(=O)O)CS3)sc2c1. The van der Waals surface area contributed by atoms with Gasteiger partial charge in [-0.05, 0) is 102 Å². The normalized spacial score (nSPS) is 17.4. The van der Waals surface area contributed by atoms with Crippen LogP contribution in [0.25, 0.3) is 10.2 Å². The predicted molar refractivity (Wildman–Crippen MR) is 246 cm³/mol. The summed E-state index contributed by atoms with van der Waals surface area (Å²) in [5.74, 6) is -3.85. The maximum Gasteiger partial charge on any atom is 0.408 e. The lowest BCUT2D eigenvalue weighted by Gasteiger charge is -2.30. The molecule has 3 aromatic rings. The van der Waals surface area contributed by atoms with Gasteiger partial charge in [-0.25, -0.2) is 14.6 Å². The molecule has 5 atom stereocenters. The number of ketones is 1. The molecule has 1 aromatic heterocycles. The number of carbonyl (C=O) groups is 7. The Labute approximate surface area is 380 Å². The minimum Gasteiger partial charge on any atom is -0.480 e. The highest BCUT2D eigenvalue weighted by Crippen LogP contribution is 2.32. The van der Waals surface area contributed by atoms with Crippen LogP contribution < -0.4 is 27.4 Å². The second kappa shape index (κ2) is 24.6. The fourth-order valence-corrected chi connectivity index (χ4v) is 9.62. The molecule has 0 radical (unpaired) electrons. The summed E-state index contributed by atoms with van der Waals surface area (Å²) in [5, 5.41) is 19.0. The molecule has 0 saturated carbocycles. The number of alkyl carbamates (subject to hydrolysis) is 1. The van der Waals surface area contributed by atoms with Crippen molar-refractivity contribution in [1.29, 1.82) is 0 Å². The molecular weight excluding hydrogens is 863 g/mol. The van der Waals surface area contributed by atoms with Gasteiger partial charge in [0.25, 0.3) is 0 Å². The summed E-state index contributed by atoms with van der Waals surface area (Å²) in [6.07, 6.45) is 2.77. The van der Waals surface area contributed by atoms with Gasteiger partial charge < -0.3 is 47.1 Å². The minimum atomic E-state index is -1.20. The zero-order valence-electron chi connectivity index (χ0n) is 36.3. The van der Waals surface area contributed by atoms with Crippen LogP contribution in [-0.2, 0) is 40.1 Å². The molecule has 1 fully saturated rings. The minimum absolute atomic E-state index is 0.0453. The standard InChI is InChI=1S/C44H59N9O9S2/c1-52(2)21-9-7-14-30(48-39(57)34-15-10-22-53(34)42(58)32(18-19-37(46)55)51-44(61)62-25-27-11-4-3-5-12-27)35(54)23-28(13-6-8-20-45)38(56)47-29-16-17-31-36(24-29)64-41(49-31)40-50-33(26-63-40)43(59)60/h3-5,11-12,16-17,24,28,30,32-34H,6-10,13-15,18-23,25-26,45H2,1-2H3,(H2,46,55)(H,47,56)(H,48,57)(H,51,61)(H,59,60)/t28-,30+,32+,33-,34+/m1/s1. The van der Waals surface area contributed by atoms with Crippen molar-refractivity contribution in [2.24, 2.45) is 22.4 Å². The first kappa shape index (κ1) is 49.6. The van der Waals surface area contributed by atoms with Gasteiger partial charge in [-0.15, -0.1) is 23.1 Å². The lowest BCUT2D eigenvalue weighted by Crippen LogP contribution is -2.55. The van der Waals surface area contributed by atoms with Gasteiger partial charge in [0.05, 0.1) is 16.3 Å². The second-order valence-corrected chi connectivity index (χ2v) is 18.3. The van der Waals surface area contributed by atoms with Crippen LogP contribution in [0.3, 0.4) is 0 Å². The Kier molecular flexibility index (Phi) is 19.0. The molecule has 64 heavy (non-hydrogen) atoms. The number of ether oxygens (including phenoxy) is 1. The Balaban J connectivity index is 1.28. The van der Waals surface area contributed by atoms with Crippen LogP contribution in [0.4, 0.5) is 10.5 Å². The molecule has 346 valence electrons. The van der Waals surface area contributed by atoms with Crippen LogP contribution in [0.5, 0.6) is 0 Å². The van der Waals surface area contributed by atoms with E-state index in [-0.39, 0.29) is 44.1 Å². The quantitative estimate of drug-likeness (QED) is 0.0664. The van der Waals surface area contributed by atoms with Crippen molar-refractivity contribution in [3.63, 3.8) is 0 Å². The van der Waals surface area contributed by atoms with Crippen molar-refractivity contribution in [3.05, 3.63) is 59.1 Å². The van der Waals surface area contributed by atoms with E-state index in [4.69, 9.17) is 16.2 Å². The summed E-state index contributed by atoms with van der Waals surface area (Å²) in [6, 6.07) is 10.3. The zero-order chi connectivity index (χ0) is 46.2. The van der Waals surface area contributed by atoms with Gasteiger partial charge in [0.15, 0.2) is 11.8 Å². The van der Waals surface area contributed by atoms with E-state index in [0.29, 0.717) is 78.5 Å². The van der Waals surface area contributed by atoms with E-state index < -0.39 is 59.9 Å². The van der Waals surface area contributed by atoms with E-state index in [9.17, 15) is 38.7 Å². The molecular formula is C44H59N9O9S2. The summed E-state index contributed by atoms with van der Waals surface area (Å²) in [4.78, 5) is 105. The van der Waals surface area contributed by atoms with Gasteiger partial charge in [-0.1, -0.05) is 36.8 Å². The number of nitrogens with one attached hydrogen (secondary N) is 3. The number of rotatable bonds is 25. The number of aromatic nitrogens is 1. The monoisotopic (exact) mass is 921 g/mol. The van der Waals surface area contributed by atoms with Crippen LogP contribution in [0.15, 0.2) is 53.5 Å². The van der Waals surface area contributed by atoms with Crippen LogP contribution >= 0.6 is 23.1 Å². The van der Waals surface area contributed by atoms with Gasteiger partial charge in [-0.2, -0.15) is 0 Å². The number of anilines is 1. The molecule has 2 aliphatic heterocycles. The number of hydrogen-bond acceptors (Lipinski definition) is 14.